The van der Waals surface area contributed by atoms with Crippen molar-refractivity contribution >= 4 is 33.0 Å². The molecule has 0 rings (SSSR count). The molecule has 0 spiro atoms. The number of carbonyl (C=O) groups is 1. The first-order valence-electron chi connectivity index (χ1n) is 4.85. The van der Waals surface area contributed by atoms with E-state index in [1.807, 2.05) is 0 Å². The predicted molar refractivity (Wildman–Crippen MR) is 68.0 cm³/mol. The van der Waals surface area contributed by atoms with Gasteiger partial charge in [0.1, 0.15) is 4.75 Å². The first-order chi connectivity index (χ1) is 7.09. The Morgan fingerprint density at radius 2 is 1.94 bits per heavy atom. The first-order valence-corrected chi connectivity index (χ1v) is 7.15. The van der Waals surface area contributed by atoms with Crippen molar-refractivity contribution in [1.82, 2.24) is 5.32 Å². The van der Waals surface area contributed by atoms with Crippen molar-refractivity contribution in [2.45, 2.75) is 31.4 Å². The molecule has 94 valence electrons. The molecule has 0 aliphatic rings. The van der Waals surface area contributed by atoms with Gasteiger partial charge in [-0.3, -0.25) is 4.79 Å². The van der Waals surface area contributed by atoms with Gasteiger partial charge in [-0.25, -0.2) is 8.42 Å². The lowest BCUT2D eigenvalue weighted by atomic mass is 10.2. The van der Waals surface area contributed by atoms with Crippen molar-refractivity contribution in [2.24, 2.45) is 5.73 Å². The molecule has 0 aliphatic heterocycles. The van der Waals surface area contributed by atoms with Crippen molar-refractivity contribution in [2.75, 3.05) is 12.8 Å². The standard InChI is InChI=1S/C9H18N2O3S2/c1-9(2,16(3,13)14)8(12)11-6-4-5-7(10)15/h4-6H2,1-3H3,(H2,10,15)(H,11,12). The van der Waals surface area contributed by atoms with Gasteiger partial charge in [0.25, 0.3) is 0 Å². The molecule has 0 bridgehead atoms. The summed E-state index contributed by atoms with van der Waals surface area (Å²) < 4.78 is 21.3. The molecule has 3 N–H and O–H groups in total. The number of nitrogens with two attached hydrogens (primary N) is 1. The number of thiocarbonyl (C=S) groups is 1. The maximum atomic E-state index is 11.6. The Kier molecular flexibility index (Phi) is 5.34. The Labute approximate surface area is 102 Å². The number of amides is 1. The van der Waals surface area contributed by atoms with Gasteiger partial charge in [0.15, 0.2) is 9.84 Å². The fraction of sp³-hybridized carbons (Fsp3) is 0.778. The van der Waals surface area contributed by atoms with Crippen LogP contribution in [0.1, 0.15) is 26.7 Å². The molecule has 0 unspecified atom stereocenters. The highest BCUT2D eigenvalue weighted by molar-refractivity contribution is 7.92. The summed E-state index contributed by atoms with van der Waals surface area (Å²) in [5.74, 6) is -0.502. The molecule has 0 radical (unpaired) electrons. The lowest BCUT2D eigenvalue weighted by molar-refractivity contribution is -0.122. The smallest absolute Gasteiger partial charge is 0.240 e. The first kappa shape index (κ1) is 15.3. The van der Waals surface area contributed by atoms with Crippen LogP contribution in [0.15, 0.2) is 0 Å². The second-order valence-corrected chi connectivity index (χ2v) is 7.20. The summed E-state index contributed by atoms with van der Waals surface area (Å²) in [5, 5.41) is 2.55. The number of sulfone groups is 1. The van der Waals surface area contributed by atoms with Gasteiger partial charge in [0.2, 0.25) is 5.91 Å². The van der Waals surface area contributed by atoms with Crippen LogP contribution >= 0.6 is 12.2 Å². The molecule has 0 aromatic carbocycles. The number of hydrogen-bond donors (Lipinski definition) is 2. The minimum absolute atomic E-state index is 0.370. The van der Waals surface area contributed by atoms with E-state index >= 15 is 0 Å². The average molecular weight is 266 g/mol. The molecule has 0 aromatic heterocycles. The topological polar surface area (TPSA) is 89.3 Å². The van der Waals surface area contributed by atoms with E-state index in [0.29, 0.717) is 24.4 Å². The van der Waals surface area contributed by atoms with Crippen LogP contribution in [0.25, 0.3) is 0 Å². The van der Waals surface area contributed by atoms with Crippen LogP contribution in [-0.4, -0.2) is 36.9 Å². The van der Waals surface area contributed by atoms with Gasteiger partial charge in [-0.1, -0.05) is 12.2 Å². The molecule has 0 saturated carbocycles. The number of rotatable bonds is 6. The third-order valence-electron chi connectivity index (χ3n) is 2.36. The van der Waals surface area contributed by atoms with E-state index in [9.17, 15) is 13.2 Å². The van der Waals surface area contributed by atoms with Gasteiger partial charge in [0.05, 0.1) is 4.99 Å². The average Bonchev–Trinajstić information content (AvgIpc) is 2.09. The van der Waals surface area contributed by atoms with E-state index in [-0.39, 0.29) is 0 Å². The SMILES string of the molecule is CC(C)(C(=O)NCCCC(N)=S)S(C)(=O)=O. The van der Waals surface area contributed by atoms with Gasteiger partial charge < -0.3 is 11.1 Å². The zero-order valence-corrected chi connectivity index (χ0v) is 11.4. The van der Waals surface area contributed by atoms with Crippen molar-refractivity contribution in [3.05, 3.63) is 0 Å². The van der Waals surface area contributed by atoms with Crippen LogP contribution in [0.5, 0.6) is 0 Å². The van der Waals surface area contributed by atoms with Gasteiger partial charge in [-0.15, -0.1) is 0 Å². The molecular formula is C9H18N2O3S2. The van der Waals surface area contributed by atoms with Crippen LogP contribution in [0.4, 0.5) is 0 Å². The lowest BCUT2D eigenvalue weighted by Gasteiger charge is -2.21. The summed E-state index contributed by atoms with van der Waals surface area (Å²) in [4.78, 5) is 12.0. The summed E-state index contributed by atoms with van der Waals surface area (Å²) in [6.07, 6.45) is 2.19. The van der Waals surface area contributed by atoms with E-state index in [2.05, 4.69) is 17.5 Å². The van der Waals surface area contributed by atoms with Crippen molar-refractivity contribution in [3.63, 3.8) is 0 Å². The van der Waals surface area contributed by atoms with Crippen molar-refractivity contribution in [3.8, 4) is 0 Å². The Balaban J connectivity index is 4.23. The largest absolute Gasteiger partial charge is 0.393 e. The van der Waals surface area contributed by atoms with Gasteiger partial charge in [0, 0.05) is 12.8 Å². The number of carbonyl (C=O) groups excluding carboxylic acids is 1. The van der Waals surface area contributed by atoms with Crippen LogP contribution in [0.2, 0.25) is 0 Å². The molecule has 1 amide bonds. The summed E-state index contributed by atoms with van der Waals surface area (Å²) in [6, 6.07) is 0. The highest BCUT2D eigenvalue weighted by Gasteiger charge is 2.37. The summed E-state index contributed by atoms with van der Waals surface area (Å²) in [5.41, 5.74) is 5.29. The van der Waals surface area contributed by atoms with Crippen molar-refractivity contribution < 1.29 is 13.2 Å². The zero-order chi connectivity index (χ0) is 13.0. The molecule has 0 atom stereocenters. The van der Waals surface area contributed by atoms with Crippen LogP contribution < -0.4 is 11.1 Å². The Morgan fingerprint density at radius 1 is 1.44 bits per heavy atom. The van der Waals surface area contributed by atoms with Crippen LogP contribution in [0.3, 0.4) is 0 Å². The molecule has 7 heteroatoms. The molecule has 0 aromatic rings. The quantitative estimate of drug-likeness (QED) is 0.521. The Hall–Kier alpha value is -0.690. The third-order valence-corrected chi connectivity index (χ3v) is 4.60. The summed E-state index contributed by atoms with van der Waals surface area (Å²) >= 11 is 4.68. The minimum atomic E-state index is -3.42. The maximum absolute atomic E-state index is 11.6. The fourth-order valence-electron chi connectivity index (χ4n) is 0.846. The van der Waals surface area contributed by atoms with E-state index < -0.39 is 20.5 Å². The van der Waals surface area contributed by atoms with Gasteiger partial charge in [-0.2, -0.15) is 0 Å². The molecule has 0 saturated heterocycles. The lowest BCUT2D eigenvalue weighted by Crippen LogP contribution is -2.47. The predicted octanol–water partition coefficient (Wildman–Crippen LogP) is -0.00790. The monoisotopic (exact) mass is 266 g/mol. The molecule has 0 heterocycles. The number of nitrogens with one attached hydrogen (secondary N) is 1. The number of hydrogen-bond acceptors (Lipinski definition) is 4. The highest BCUT2D eigenvalue weighted by atomic mass is 32.2. The second-order valence-electron chi connectivity index (χ2n) is 4.11. The zero-order valence-electron chi connectivity index (χ0n) is 9.74. The second kappa shape index (κ2) is 5.58. The molecule has 0 fully saturated rings. The Morgan fingerprint density at radius 3 is 2.31 bits per heavy atom. The minimum Gasteiger partial charge on any atom is -0.393 e. The molecular weight excluding hydrogens is 248 g/mol. The van der Waals surface area contributed by atoms with Crippen LogP contribution in [0, 0.1) is 0 Å². The van der Waals surface area contributed by atoms with Crippen LogP contribution in [-0.2, 0) is 14.6 Å². The van der Waals surface area contributed by atoms with Gasteiger partial charge in [-0.05, 0) is 26.7 Å². The summed E-state index contributed by atoms with van der Waals surface area (Å²) in [7, 11) is -3.42. The Bertz CT molecular complexity index is 374. The maximum Gasteiger partial charge on any atom is 0.240 e. The van der Waals surface area contributed by atoms with E-state index in [0.717, 1.165) is 6.26 Å². The highest BCUT2D eigenvalue weighted by Crippen LogP contribution is 2.14. The molecule has 16 heavy (non-hydrogen) atoms. The van der Waals surface area contributed by atoms with E-state index in [1.54, 1.807) is 0 Å². The third kappa shape index (κ3) is 4.44. The molecule has 5 nitrogen and oxygen atoms in total. The molecule has 0 aliphatic carbocycles. The summed E-state index contributed by atoms with van der Waals surface area (Å²) in [6.45, 7) is 3.13. The van der Waals surface area contributed by atoms with E-state index in [1.165, 1.54) is 13.8 Å². The fourth-order valence-corrected chi connectivity index (χ4v) is 1.40. The normalized spacial score (nSPS) is 12.2. The van der Waals surface area contributed by atoms with Crippen molar-refractivity contribution in [1.29, 1.82) is 0 Å². The van der Waals surface area contributed by atoms with Gasteiger partial charge >= 0.3 is 0 Å². The van der Waals surface area contributed by atoms with E-state index in [4.69, 9.17) is 5.73 Å².